The number of hydrogen-bond donors (Lipinski definition) is 1. The highest BCUT2D eigenvalue weighted by Gasteiger charge is 2.29. The molecule has 10 heteroatoms. The Morgan fingerprint density at radius 2 is 1.69 bits per heavy atom. The number of benzene rings is 2. The van der Waals surface area contributed by atoms with Crippen molar-refractivity contribution in [2.45, 2.75) is 58.7 Å². The van der Waals surface area contributed by atoms with Gasteiger partial charge >= 0.3 is 0 Å². The molecule has 1 atom stereocenters. The third-order valence-corrected chi connectivity index (χ3v) is 6.87. The van der Waals surface area contributed by atoms with Gasteiger partial charge in [-0.25, -0.2) is 8.42 Å². The fourth-order valence-corrected chi connectivity index (χ4v) is 4.76. The molecule has 0 aliphatic heterocycles. The number of halogens is 1. The summed E-state index contributed by atoms with van der Waals surface area (Å²) in [6.45, 7) is 7.62. The van der Waals surface area contributed by atoms with Crippen LogP contribution in [0.3, 0.4) is 0 Å². The number of anilines is 1. The van der Waals surface area contributed by atoms with Gasteiger partial charge in [-0.3, -0.25) is 13.9 Å². The lowest BCUT2D eigenvalue weighted by Crippen LogP contribution is -2.52. The highest BCUT2D eigenvalue weighted by Crippen LogP contribution is 2.29. The Morgan fingerprint density at radius 3 is 2.25 bits per heavy atom. The first kappa shape index (κ1) is 29.5. The molecule has 0 heterocycles. The zero-order valence-electron chi connectivity index (χ0n) is 21.7. The average molecular weight is 538 g/mol. The molecule has 36 heavy (non-hydrogen) atoms. The van der Waals surface area contributed by atoms with Crippen LogP contribution >= 0.6 is 11.6 Å². The summed E-state index contributed by atoms with van der Waals surface area (Å²) in [5.74, 6) is -0.0994. The second-order valence-corrected chi connectivity index (χ2v) is 12.0. The minimum Gasteiger partial charge on any atom is -0.495 e. The van der Waals surface area contributed by atoms with E-state index in [1.54, 1.807) is 43.3 Å². The van der Waals surface area contributed by atoms with E-state index in [4.69, 9.17) is 16.3 Å². The quantitative estimate of drug-likeness (QED) is 0.463. The van der Waals surface area contributed by atoms with Gasteiger partial charge in [-0.15, -0.1) is 0 Å². The van der Waals surface area contributed by atoms with Crippen LogP contribution in [-0.4, -0.2) is 56.6 Å². The summed E-state index contributed by atoms with van der Waals surface area (Å²) >= 11 is 6.00. The van der Waals surface area contributed by atoms with E-state index >= 15 is 0 Å². The summed E-state index contributed by atoms with van der Waals surface area (Å²) in [6, 6.07) is 13.2. The monoisotopic (exact) mass is 537 g/mol. The van der Waals surface area contributed by atoms with E-state index in [-0.39, 0.29) is 37.7 Å². The minimum absolute atomic E-state index is 0.0574. The molecular formula is C26H36ClN3O5S. The number of ether oxygens (including phenoxy) is 1. The smallest absolute Gasteiger partial charge is 0.242 e. The molecule has 0 saturated heterocycles. The number of hydrogen-bond acceptors (Lipinski definition) is 5. The summed E-state index contributed by atoms with van der Waals surface area (Å²) in [5, 5.41) is 3.50. The summed E-state index contributed by atoms with van der Waals surface area (Å²) in [4.78, 5) is 27.7. The molecular weight excluding hydrogens is 502 g/mol. The minimum atomic E-state index is -3.62. The van der Waals surface area contributed by atoms with Crippen molar-refractivity contribution in [1.29, 1.82) is 0 Å². The molecule has 2 aromatic rings. The number of nitrogens with zero attached hydrogens (tertiary/aromatic N) is 2. The van der Waals surface area contributed by atoms with Crippen LogP contribution in [-0.2, 0) is 26.2 Å². The van der Waals surface area contributed by atoms with E-state index in [1.165, 1.54) is 16.3 Å². The number of rotatable bonds is 11. The topological polar surface area (TPSA) is 96.0 Å². The number of sulfonamides is 1. The molecule has 0 saturated carbocycles. The van der Waals surface area contributed by atoms with Gasteiger partial charge in [-0.05, 0) is 63.9 Å². The van der Waals surface area contributed by atoms with Crippen LogP contribution in [0.25, 0.3) is 0 Å². The summed E-state index contributed by atoms with van der Waals surface area (Å²) in [7, 11) is -2.15. The number of carbonyl (C=O) groups is 2. The molecule has 0 aromatic heterocycles. The van der Waals surface area contributed by atoms with Crippen molar-refractivity contribution in [3.63, 3.8) is 0 Å². The van der Waals surface area contributed by atoms with Crippen LogP contribution < -0.4 is 14.4 Å². The lowest BCUT2D eigenvalue weighted by Gasteiger charge is -2.32. The number of carbonyl (C=O) groups excluding carboxylic acids is 2. The Hall–Kier alpha value is -2.78. The maximum atomic E-state index is 13.3. The van der Waals surface area contributed by atoms with E-state index in [0.717, 1.165) is 11.8 Å². The standard InChI is InChI=1S/C26H36ClN3O5S/c1-19(25(32)28-26(2,3)4)29(18-20-13-15-21(27)16-14-20)24(31)12-9-17-30(36(6,33)34)22-10-7-8-11-23(22)35-5/h7-8,10-11,13-16,19H,9,12,17-18H2,1-6H3,(H,28,32)/t19-/m0/s1. The van der Waals surface area contributed by atoms with E-state index in [0.29, 0.717) is 16.5 Å². The molecule has 2 amide bonds. The lowest BCUT2D eigenvalue weighted by atomic mass is 10.1. The van der Waals surface area contributed by atoms with Crippen molar-refractivity contribution in [1.82, 2.24) is 10.2 Å². The predicted octanol–water partition coefficient (Wildman–Crippen LogP) is 4.23. The van der Waals surface area contributed by atoms with E-state index in [9.17, 15) is 18.0 Å². The normalized spacial score (nSPS) is 12.5. The first-order valence-electron chi connectivity index (χ1n) is 11.7. The van der Waals surface area contributed by atoms with E-state index in [1.807, 2.05) is 32.9 Å². The van der Waals surface area contributed by atoms with Crippen LogP contribution in [0.1, 0.15) is 46.1 Å². The number of amides is 2. The van der Waals surface area contributed by atoms with Gasteiger partial charge < -0.3 is 15.0 Å². The highest BCUT2D eigenvalue weighted by molar-refractivity contribution is 7.92. The molecule has 0 fully saturated rings. The molecule has 0 spiro atoms. The molecule has 1 N–H and O–H groups in total. The third kappa shape index (κ3) is 8.71. The summed E-state index contributed by atoms with van der Waals surface area (Å²) in [5.41, 5.74) is 0.784. The average Bonchev–Trinajstić information content (AvgIpc) is 2.79. The number of para-hydroxylation sites is 2. The fourth-order valence-electron chi connectivity index (χ4n) is 3.66. The SMILES string of the molecule is COc1ccccc1N(CCCC(=O)N(Cc1ccc(Cl)cc1)[C@@H](C)C(=O)NC(C)(C)C)S(C)(=O)=O. The van der Waals surface area contributed by atoms with Gasteiger partial charge in [0.05, 0.1) is 19.1 Å². The Morgan fingerprint density at radius 1 is 1.08 bits per heavy atom. The number of nitrogens with one attached hydrogen (secondary N) is 1. The van der Waals surface area contributed by atoms with Crippen LogP contribution in [0.2, 0.25) is 5.02 Å². The summed E-state index contributed by atoms with van der Waals surface area (Å²) in [6.07, 6.45) is 1.43. The zero-order valence-corrected chi connectivity index (χ0v) is 23.3. The van der Waals surface area contributed by atoms with E-state index < -0.39 is 21.6 Å². The molecule has 2 aromatic carbocycles. The van der Waals surface area contributed by atoms with Gasteiger partial charge in [0.1, 0.15) is 11.8 Å². The van der Waals surface area contributed by atoms with Crippen LogP contribution in [0, 0.1) is 0 Å². The van der Waals surface area contributed by atoms with Gasteiger partial charge in [0.15, 0.2) is 0 Å². The van der Waals surface area contributed by atoms with Crippen LogP contribution in [0.4, 0.5) is 5.69 Å². The molecule has 0 bridgehead atoms. The molecule has 2 rings (SSSR count). The lowest BCUT2D eigenvalue weighted by molar-refractivity contribution is -0.141. The van der Waals surface area contributed by atoms with Crippen molar-refractivity contribution in [2.75, 3.05) is 24.2 Å². The maximum absolute atomic E-state index is 13.3. The van der Waals surface area contributed by atoms with Crippen molar-refractivity contribution in [2.24, 2.45) is 0 Å². The van der Waals surface area contributed by atoms with Crippen molar-refractivity contribution in [3.8, 4) is 5.75 Å². The molecule has 0 unspecified atom stereocenters. The highest BCUT2D eigenvalue weighted by atomic mass is 35.5. The fraction of sp³-hybridized carbons (Fsp3) is 0.462. The van der Waals surface area contributed by atoms with Gasteiger partial charge in [0, 0.05) is 30.1 Å². The first-order chi connectivity index (χ1) is 16.7. The molecule has 198 valence electrons. The Kier molecular flexibility index (Phi) is 10.2. The first-order valence-corrected chi connectivity index (χ1v) is 13.9. The largest absolute Gasteiger partial charge is 0.495 e. The summed E-state index contributed by atoms with van der Waals surface area (Å²) < 4.78 is 31.6. The molecule has 0 radical (unpaired) electrons. The molecule has 0 aliphatic carbocycles. The Labute approximate surface area is 219 Å². The zero-order chi connectivity index (χ0) is 27.1. The van der Waals surface area contributed by atoms with Crippen molar-refractivity contribution >= 4 is 39.1 Å². The Balaban J connectivity index is 2.21. The molecule has 8 nitrogen and oxygen atoms in total. The molecule has 0 aliphatic rings. The second kappa shape index (κ2) is 12.5. The second-order valence-electron chi connectivity index (χ2n) is 9.67. The van der Waals surface area contributed by atoms with Crippen molar-refractivity contribution < 1.29 is 22.7 Å². The maximum Gasteiger partial charge on any atom is 0.242 e. The van der Waals surface area contributed by atoms with Gasteiger partial charge in [0.2, 0.25) is 21.8 Å². The van der Waals surface area contributed by atoms with Gasteiger partial charge in [-0.1, -0.05) is 35.9 Å². The van der Waals surface area contributed by atoms with Gasteiger partial charge in [0.25, 0.3) is 0 Å². The van der Waals surface area contributed by atoms with Crippen LogP contribution in [0.15, 0.2) is 48.5 Å². The van der Waals surface area contributed by atoms with Crippen LogP contribution in [0.5, 0.6) is 5.75 Å². The van der Waals surface area contributed by atoms with E-state index in [2.05, 4.69) is 5.32 Å². The Bertz CT molecular complexity index is 1150. The third-order valence-electron chi connectivity index (χ3n) is 5.44. The van der Waals surface area contributed by atoms with Gasteiger partial charge in [-0.2, -0.15) is 0 Å². The van der Waals surface area contributed by atoms with Crippen molar-refractivity contribution in [3.05, 3.63) is 59.1 Å². The predicted molar refractivity (Wildman–Crippen MR) is 144 cm³/mol. The number of methoxy groups -OCH3 is 1.